The van der Waals surface area contributed by atoms with E-state index in [0.717, 1.165) is 16.7 Å². The van der Waals surface area contributed by atoms with E-state index < -0.39 is 0 Å². The molecule has 19 heavy (non-hydrogen) atoms. The molecule has 0 spiro atoms. The van der Waals surface area contributed by atoms with Crippen LogP contribution in [0, 0.1) is 0 Å². The van der Waals surface area contributed by atoms with Crippen LogP contribution in [0.3, 0.4) is 0 Å². The molecule has 2 N–H and O–H groups in total. The lowest BCUT2D eigenvalue weighted by Crippen LogP contribution is -1.97. The number of hydrogen-bond donors (Lipinski definition) is 1. The lowest BCUT2D eigenvalue weighted by molar-refractivity contribution is 0.356. The quantitative estimate of drug-likeness (QED) is 0.930. The number of ether oxygens (including phenoxy) is 2. The fraction of sp³-hybridized carbons (Fsp3) is 0.200. The van der Waals surface area contributed by atoms with Crippen molar-refractivity contribution < 1.29 is 9.47 Å². The van der Waals surface area contributed by atoms with Crippen LogP contribution in [0.4, 0.5) is 0 Å². The Balaban J connectivity index is 2.55. The first-order valence-electron chi connectivity index (χ1n) is 5.91. The number of benzene rings is 2. The van der Waals surface area contributed by atoms with Gasteiger partial charge in [0.05, 0.1) is 14.2 Å². The number of hydrogen-bond acceptors (Lipinski definition) is 3. The average molecular weight is 278 g/mol. The number of nitrogens with two attached hydrogens (primary N) is 1. The molecule has 3 nitrogen and oxygen atoms in total. The molecule has 0 aliphatic carbocycles. The van der Waals surface area contributed by atoms with Crippen molar-refractivity contribution >= 4 is 11.6 Å². The maximum atomic E-state index is 6.20. The first-order chi connectivity index (χ1) is 9.21. The first kappa shape index (κ1) is 13.7. The highest BCUT2D eigenvalue weighted by atomic mass is 35.5. The maximum Gasteiger partial charge on any atom is 0.168 e. The Hall–Kier alpha value is -1.71. The molecule has 0 aliphatic rings. The molecule has 100 valence electrons. The summed E-state index contributed by atoms with van der Waals surface area (Å²) in [7, 11) is 3.24. The summed E-state index contributed by atoms with van der Waals surface area (Å²) in [6, 6.07) is 11.5. The van der Waals surface area contributed by atoms with E-state index in [1.54, 1.807) is 14.2 Å². The van der Waals surface area contributed by atoms with Gasteiger partial charge in [0.2, 0.25) is 0 Å². The zero-order chi connectivity index (χ0) is 13.8. The second-order valence-electron chi connectivity index (χ2n) is 4.05. The number of halogens is 1. The number of methoxy groups -OCH3 is 2. The summed E-state index contributed by atoms with van der Waals surface area (Å²) in [5.41, 5.74) is 8.44. The monoisotopic (exact) mass is 277 g/mol. The molecule has 0 fully saturated rings. The average Bonchev–Trinajstić information content (AvgIpc) is 2.46. The zero-order valence-corrected chi connectivity index (χ0v) is 11.7. The van der Waals surface area contributed by atoms with E-state index in [0.29, 0.717) is 23.1 Å². The molecule has 0 heterocycles. The fourth-order valence-corrected chi connectivity index (χ4v) is 2.25. The minimum absolute atomic E-state index is 0.425. The van der Waals surface area contributed by atoms with Crippen LogP contribution in [0.25, 0.3) is 11.1 Å². The molecule has 0 amide bonds. The highest BCUT2D eigenvalue weighted by Gasteiger charge is 2.12. The van der Waals surface area contributed by atoms with Crippen molar-refractivity contribution in [3.05, 3.63) is 47.0 Å². The third-order valence-corrected chi connectivity index (χ3v) is 3.34. The fourth-order valence-electron chi connectivity index (χ4n) is 1.99. The van der Waals surface area contributed by atoms with Crippen molar-refractivity contribution in [2.24, 2.45) is 5.73 Å². The summed E-state index contributed by atoms with van der Waals surface area (Å²) in [5, 5.41) is 0.657. The molecule has 4 heteroatoms. The normalized spacial score (nSPS) is 10.3. The summed E-state index contributed by atoms with van der Waals surface area (Å²) in [6.45, 7) is 0.425. The van der Waals surface area contributed by atoms with Crippen LogP contribution in [-0.4, -0.2) is 14.2 Å². The third kappa shape index (κ3) is 2.67. The molecule has 0 unspecified atom stereocenters. The molecule has 0 aromatic heterocycles. The van der Waals surface area contributed by atoms with Crippen molar-refractivity contribution in [3.8, 4) is 22.6 Å². The molecule has 2 aromatic rings. The minimum atomic E-state index is 0.425. The Morgan fingerprint density at radius 1 is 1.11 bits per heavy atom. The van der Waals surface area contributed by atoms with Gasteiger partial charge in [0.15, 0.2) is 11.5 Å². The predicted molar refractivity (Wildman–Crippen MR) is 77.9 cm³/mol. The van der Waals surface area contributed by atoms with Gasteiger partial charge in [0.1, 0.15) is 0 Å². The molecule has 0 aliphatic heterocycles. The second kappa shape index (κ2) is 5.95. The van der Waals surface area contributed by atoms with Crippen molar-refractivity contribution in [1.82, 2.24) is 0 Å². The lowest BCUT2D eigenvalue weighted by Gasteiger charge is -2.13. The molecule has 0 atom stereocenters. The molecule has 0 bridgehead atoms. The third-order valence-electron chi connectivity index (χ3n) is 2.99. The van der Waals surface area contributed by atoms with Crippen LogP contribution in [0.1, 0.15) is 5.56 Å². The molecule has 2 rings (SSSR count). The van der Waals surface area contributed by atoms with E-state index in [4.69, 9.17) is 26.8 Å². The van der Waals surface area contributed by atoms with Crippen molar-refractivity contribution in [3.63, 3.8) is 0 Å². The van der Waals surface area contributed by atoms with Gasteiger partial charge >= 0.3 is 0 Å². The van der Waals surface area contributed by atoms with Gasteiger partial charge in [-0.2, -0.15) is 0 Å². The van der Waals surface area contributed by atoms with Crippen LogP contribution in [-0.2, 0) is 6.54 Å². The van der Waals surface area contributed by atoms with Gasteiger partial charge in [-0.15, -0.1) is 0 Å². The van der Waals surface area contributed by atoms with Crippen molar-refractivity contribution in [1.29, 1.82) is 0 Å². The largest absolute Gasteiger partial charge is 0.493 e. The SMILES string of the molecule is COc1cccc(-c2ccc(CN)c(Cl)c2)c1OC. The standard InChI is InChI=1S/C15H16ClNO2/c1-18-14-5-3-4-12(15(14)19-2)10-6-7-11(9-17)13(16)8-10/h3-8H,9,17H2,1-2H3. The van der Waals surface area contributed by atoms with Crippen LogP contribution in [0.2, 0.25) is 5.02 Å². The zero-order valence-electron chi connectivity index (χ0n) is 10.9. The molecule has 0 saturated carbocycles. The van der Waals surface area contributed by atoms with Gasteiger partial charge in [-0.1, -0.05) is 35.9 Å². The summed E-state index contributed by atoms with van der Waals surface area (Å²) >= 11 is 6.20. The molecular weight excluding hydrogens is 262 g/mol. The highest BCUT2D eigenvalue weighted by molar-refractivity contribution is 6.31. The minimum Gasteiger partial charge on any atom is -0.493 e. The summed E-state index contributed by atoms with van der Waals surface area (Å²) in [5.74, 6) is 1.39. The summed E-state index contributed by atoms with van der Waals surface area (Å²) in [4.78, 5) is 0. The van der Waals surface area contributed by atoms with E-state index in [1.165, 1.54) is 0 Å². The van der Waals surface area contributed by atoms with E-state index in [-0.39, 0.29) is 0 Å². The van der Waals surface area contributed by atoms with Crippen LogP contribution >= 0.6 is 11.6 Å². The van der Waals surface area contributed by atoms with Crippen LogP contribution in [0.5, 0.6) is 11.5 Å². The molecule has 0 saturated heterocycles. The Morgan fingerprint density at radius 3 is 2.47 bits per heavy atom. The molecule has 0 radical (unpaired) electrons. The van der Waals surface area contributed by atoms with E-state index in [9.17, 15) is 0 Å². The van der Waals surface area contributed by atoms with Crippen molar-refractivity contribution in [2.45, 2.75) is 6.54 Å². The predicted octanol–water partition coefficient (Wildman–Crippen LogP) is 3.48. The Bertz CT molecular complexity index is 584. The maximum absolute atomic E-state index is 6.20. The van der Waals surface area contributed by atoms with Crippen molar-refractivity contribution in [2.75, 3.05) is 14.2 Å². The first-order valence-corrected chi connectivity index (χ1v) is 6.29. The second-order valence-corrected chi connectivity index (χ2v) is 4.46. The van der Waals surface area contributed by atoms with Gasteiger partial charge in [0.25, 0.3) is 0 Å². The lowest BCUT2D eigenvalue weighted by atomic mass is 10.0. The van der Waals surface area contributed by atoms with Crippen LogP contribution in [0.15, 0.2) is 36.4 Å². The van der Waals surface area contributed by atoms with Gasteiger partial charge in [-0.05, 0) is 23.3 Å². The Kier molecular flexibility index (Phi) is 4.30. The van der Waals surface area contributed by atoms with E-state index >= 15 is 0 Å². The van der Waals surface area contributed by atoms with E-state index in [2.05, 4.69) is 0 Å². The van der Waals surface area contributed by atoms with Gasteiger partial charge in [0, 0.05) is 17.1 Å². The smallest absolute Gasteiger partial charge is 0.168 e. The van der Waals surface area contributed by atoms with Gasteiger partial charge < -0.3 is 15.2 Å². The Labute approximate surface area is 117 Å². The topological polar surface area (TPSA) is 44.5 Å². The van der Waals surface area contributed by atoms with Gasteiger partial charge in [-0.3, -0.25) is 0 Å². The highest BCUT2D eigenvalue weighted by Crippen LogP contribution is 2.38. The number of rotatable bonds is 4. The summed E-state index contributed by atoms with van der Waals surface area (Å²) < 4.78 is 10.7. The Morgan fingerprint density at radius 2 is 1.89 bits per heavy atom. The van der Waals surface area contributed by atoms with E-state index in [1.807, 2.05) is 36.4 Å². The van der Waals surface area contributed by atoms with Gasteiger partial charge in [-0.25, -0.2) is 0 Å². The molecular formula is C15H16ClNO2. The summed E-state index contributed by atoms with van der Waals surface area (Å²) in [6.07, 6.45) is 0. The molecule has 2 aromatic carbocycles. The number of para-hydroxylation sites is 1. The van der Waals surface area contributed by atoms with Crippen LogP contribution < -0.4 is 15.2 Å².